The molecule has 0 heterocycles. The fraction of sp³-hybridized carbons (Fsp3) is 0.400. The standard InChI is InChI=1S/C10H13ClOS/c1-7(2)13(12)10-5-8(3)4-9(11)6-10/h4-7H,1-3H3. The van der Waals surface area contributed by atoms with Crippen LogP contribution in [0.2, 0.25) is 5.02 Å². The van der Waals surface area contributed by atoms with Gasteiger partial charge in [-0.05, 0) is 30.7 Å². The van der Waals surface area contributed by atoms with Crippen LogP contribution in [0.1, 0.15) is 19.4 Å². The van der Waals surface area contributed by atoms with Gasteiger partial charge in [0.1, 0.15) is 0 Å². The second-order valence-corrected chi connectivity index (χ2v) is 5.76. The molecule has 1 nitrogen and oxygen atoms in total. The minimum atomic E-state index is -0.940. The maximum Gasteiger partial charge on any atom is 0.0555 e. The first-order valence-electron chi connectivity index (χ1n) is 4.18. The van der Waals surface area contributed by atoms with Gasteiger partial charge in [-0.15, -0.1) is 0 Å². The Morgan fingerprint density at radius 1 is 1.31 bits per heavy atom. The van der Waals surface area contributed by atoms with Gasteiger partial charge in [-0.3, -0.25) is 4.21 Å². The Morgan fingerprint density at radius 2 is 1.92 bits per heavy atom. The van der Waals surface area contributed by atoms with Crippen molar-refractivity contribution >= 4 is 22.4 Å². The second-order valence-electron chi connectivity index (χ2n) is 3.31. The molecule has 0 saturated carbocycles. The Bertz CT molecular complexity index is 313. The van der Waals surface area contributed by atoms with Gasteiger partial charge in [-0.25, -0.2) is 0 Å². The van der Waals surface area contributed by atoms with Crippen molar-refractivity contribution in [2.45, 2.75) is 30.9 Å². The maximum absolute atomic E-state index is 11.7. The van der Waals surface area contributed by atoms with Crippen LogP contribution in [-0.4, -0.2) is 9.46 Å². The van der Waals surface area contributed by atoms with E-state index in [0.717, 1.165) is 10.5 Å². The third-order valence-corrected chi connectivity index (χ3v) is 3.45. The largest absolute Gasteiger partial charge is 0.254 e. The van der Waals surface area contributed by atoms with E-state index in [2.05, 4.69) is 0 Å². The van der Waals surface area contributed by atoms with E-state index in [1.165, 1.54) is 0 Å². The van der Waals surface area contributed by atoms with Gasteiger partial charge in [-0.1, -0.05) is 25.4 Å². The Balaban J connectivity index is 3.08. The summed E-state index contributed by atoms with van der Waals surface area (Å²) in [7, 11) is -0.940. The topological polar surface area (TPSA) is 17.1 Å². The lowest BCUT2D eigenvalue weighted by atomic mass is 10.2. The molecule has 0 aliphatic rings. The van der Waals surface area contributed by atoms with Crippen LogP contribution in [0.5, 0.6) is 0 Å². The lowest BCUT2D eigenvalue weighted by molar-refractivity contribution is 0.676. The van der Waals surface area contributed by atoms with Gasteiger partial charge in [0.2, 0.25) is 0 Å². The highest BCUT2D eigenvalue weighted by molar-refractivity contribution is 7.85. The van der Waals surface area contributed by atoms with Crippen LogP contribution in [0.15, 0.2) is 23.1 Å². The molecule has 1 aromatic carbocycles. The highest BCUT2D eigenvalue weighted by Crippen LogP contribution is 2.19. The molecule has 0 aromatic heterocycles. The molecule has 1 aromatic rings. The molecule has 1 atom stereocenters. The van der Waals surface area contributed by atoms with Crippen molar-refractivity contribution in [1.29, 1.82) is 0 Å². The molecular formula is C10H13ClOS. The van der Waals surface area contributed by atoms with E-state index >= 15 is 0 Å². The molecule has 3 heteroatoms. The summed E-state index contributed by atoms with van der Waals surface area (Å²) >= 11 is 5.86. The normalized spacial score (nSPS) is 13.3. The first kappa shape index (κ1) is 10.7. The highest BCUT2D eigenvalue weighted by atomic mass is 35.5. The number of halogens is 1. The summed E-state index contributed by atoms with van der Waals surface area (Å²) in [5, 5.41) is 0.793. The van der Waals surface area contributed by atoms with Gasteiger partial charge in [0.05, 0.1) is 10.8 Å². The summed E-state index contributed by atoms with van der Waals surface area (Å²) in [5.41, 5.74) is 1.05. The minimum absolute atomic E-state index is 0.137. The van der Waals surface area contributed by atoms with Gasteiger partial charge in [0.15, 0.2) is 0 Å². The van der Waals surface area contributed by atoms with Crippen LogP contribution in [0.3, 0.4) is 0 Å². The Labute approximate surface area is 86.6 Å². The monoisotopic (exact) mass is 216 g/mol. The van der Waals surface area contributed by atoms with E-state index in [-0.39, 0.29) is 5.25 Å². The van der Waals surface area contributed by atoms with Crippen molar-refractivity contribution in [3.8, 4) is 0 Å². The molecule has 0 N–H and O–H groups in total. The van der Waals surface area contributed by atoms with Gasteiger partial charge in [0, 0.05) is 15.2 Å². The average molecular weight is 217 g/mol. The predicted molar refractivity (Wildman–Crippen MR) is 57.7 cm³/mol. The van der Waals surface area contributed by atoms with E-state index in [9.17, 15) is 4.21 Å². The maximum atomic E-state index is 11.7. The molecule has 13 heavy (non-hydrogen) atoms. The fourth-order valence-electron chi connectivity index (χ4n) is 1.09. The molecular weight excluding hydrogens is 204 g/mol. The number of benzene rings is 1. The lowest BCUT2D eigenvalue weighted by Crippen LogP contribution is -2.05. The molecule has 0 fully saturated rings. The molecule has 0 saturated heterocycles. The third-order valence-electron chi connectivity index (χ3n) is 1.68. The molecule has 72 valence electrons. The van der Waals surface area contributed by atoms with Gasteiger partial charge >= 0.3 is 0 Å². The first-order valence-corrected chi connectivity index (χ1v) is 5.77. The fourth-order valence-corrected chi connectivity index (χ4v) is 2.53. The Hall–Kier alpha value is -0.340. The van der Waals surface area contributed by atoms with E-state index in [0.29, 0.717) is 5.02 Å². The van der Waals surface area contributed by atoms with Crippen LogP contribution in [0.4, 0.5) is 0 Å². The molecule has 1 rings (SSSR count). The van der Waals surface area contributed by atoms with Crippen LogP contribution in [0.25, 0.3) is 0 Å². The summed E-state index contributed by atoms with van der Waals surface area (Å²) in [6.07, 6.45) is 0. The van der Waals surface area contributed by atoms with Gasteiger partial charge in [0.25, 0.3) is 0 Å². The summed E-state index contributed by atoms with van der Waals surface area (Å²) in [5.74, 6) is 0. The number of aryl methyl sites for hydroxylation is 1. The zero-order valence-electron chi connectivity index (χ0n) is 8.00. The first-order chi connectivity index (χ1) is 6.00. The Kier molecular flexibility index (Phi) is 3.51. The lowest BCUT2D eigenvalue weighted by Gasteiger charge is -2.06. The molecule has 0 bridgehead atoms. The zero-order valence-corrected chi connectivity index (χ0v) is 9.58. The quantitative estimate of drug-likeness (QED) is 0.742. The van der Waals surface area contributed by atoms with Crippen molar-refractivity contribution in [3.05, 3.63) is 28.8 Å². The Morgan fingerprint density at radius 3 is 2.38 bits per heavy atom. The van der Waals surface area contributed by atoms with Crippen LogP contribution in [0, 0.1) is 6.92 Å². The predicted octanol–water partition coefficient (Wildman–Crippen LogP) is 3.16. The molecule has 0 aliphatic heterocycles. The molecule has 0 spiro atoms. The van der Waals surface area contributed by atoms with Crippen LogP contribution in [-0.2, 0) is 10.8 Å². The third kappa shape index (κ3) is 2.82. The van der Waals surface area contributed by atoms with E-state index in [1.54, 1.807) is 6.07 Å². The van der Waals surface area contributed by atoms with E-state index in [1.807, 2.05) is 32.9 Å². The number of hydrogen-bond acceptors (Lipinski definition) is 1. The van der Waals surface area contributed by atoms with Crippen molar-refractivity contribution in [1.82, 2.24) is 0 Å². The van der Waals surface area contributed by atoms with Crippen molar-refractivity contribution in [2.75, 3.05) is 0 Å². The van der Waals surface area contributed by atoms with Crippen LogP contribution < -0.4 is 0 Å². The van der Waals surface area contributed by atoms with Crippen molar-refractivity contribution < 1.29 is 4.21 Å². The summed E-state index contributed by atoms with van der Waals surface area (Å²) in [6, 6.07) is 5.55. The SMILES string of the molecule is Cc1cc(Cl)cc(S(=O)C(C)C)c1. The molecule has 1 unspecified atom stereocenters. The summed E-state index contributed by atoms with van der Waals surface area (Å²) in [4.78, 5) is 0.819. The summed E-state index contributed by atoms with van der Waals surface area (Å²) < 4.78 is 11.7. The van der Waals surface area contributed by atoms with Gasteiger partial charge < -0.3 is 0 Å². The van der Waals surface area contributed by atoms with Crippen molar-refractivity contribution in [2.24, 2.45) is 0 Å². The van der Waals surface area contributed by atoms with E-state index in [4.69, 9.17) is 11.6 Å². The van der Waals surface area contributed by atoms with Gasteiger partial charge in [-0.2, -0.15) is 0 Å². The molecule has 0 radical (unpaired) electrons. The highest BCUT2D eigenvalue weighted by Gasteiger charge is 2.09. The number of rotatable bonds is 2. The minimum Gasteiger partial charge on any atom is -0.254 e. The second kappa shape index (κ2) is 4.25. The summed E-state index contributed by atoms with van der Waals surface area (Å²) in [6.45, 7) is 5.83. The molecule has 0 amide bonds. The molecule has 0 aliphatic carbocycles. The van der Waals surface area contributed by atoms with Crippen LogP contribution >= 0.6 is 11.6 Å². The van der Waals surface area contributed by atoms with Crippen molar-refractivity contribution in [3.63, 3.8) is 0 Å². The zero-order chi connectivity index (χ0) is 10.0. The average Bonchev–Trinajstić information content (AvgIpc) is 2.01. The van der Waals surface area contributed by atoms with E-state index < -0.39 is 10.8 Å². The number of hydrogen-bond donors (Lipinski definition) is 0. The smallest absolute Gasteiger partial charge is 0.0555 e.